The second-order valence-electron chi connectivity index (χ2n) is 5.92. The first-order valence-corrected chi connectivity index (χ1v) is 8.32. The molecule has 6 heteroatoms. The number of carbonyl (C=O) groups is 1. The van der Waals surface area contributed by atoms with E-state index in [2.05, 4.69) is 20.3 Å². The molecule has 0 aliphatic rings. The van der Waals surface area contributed by atoms with E-state index in [9.17, 15) is 4.79 Å². The maximum absolute atomic E-state index is 12.6. The van der Waals surface area contributed by atoms with Crippen LogP contribution in [0.1, 0.15) is 16.1 Å². The number of hydrogen-bond acceptors (Lipinski definition) is 5. The molecule has 0 bridgehead atoms. The van der Waals surface area contributed by atoms with Crippen molar-refractivity contribution in [2.24, 2.45) is 0 Å². The normalized spacial score (nSPS) is 10.5. The molecule has 4 aromatic rings. The van der Waals surface area contributed by atoms with Crippen molar-refractivity contribution < 1.29 is 4.79 Å². The Bertz CT molecular complexity index is 1160. The lowest BCUT2D eigenvalue weighted by molar-refractivity contribution is 0.102. The zero-order valence-corrected chi connectivity index (χ0v) is 14.3. The van der Waals surface area contributed by atoms with E-state index in [1.165, 1.54) is 6.21 Å². The number of pyridine rings is 3. The summed E-state index contributed by atoms with van der Waals surface area (Å²) in [7, 11) is 0. The topological polar surface area (TPSA) is 91.6 Å². The molecule has 0 aliphatic heterocycles. The third-order valence-electron chi connectivity index (χ3n) is 4.09. The van der Waals surface area contributed by atoms with E-state index in [4.69, 9.17) is 5.41 Å². The molecule has 3 heterocycles. The van der Waals surface area contributed by atoms with Gasteiger partial charge in [-0.25, -0.2) is 0 Å². The predicted octanol–water partition coefficient (Wildman–Crippen LogP) is 3.94. The van der Waals surface area contributed by atoms with E-state index in [1.54, 1.807) is 48.9 Å². The summed E-state index contributed by atoms with van der Waals surface area (Å²) in [5.74, 6) is -0.314. The van der Waals surface area contributed by atoms with Gasteiger partial charge in [0, 0.05) is 36.1 Å². The van der Waals surface area contributed by atoms with Gasteiger partial charge < -0.3 is 10.7 Å². The van der Waals surface area contributed by atoms with Crippen LogP contribution < -0.4 is 5.32 Å². The number of anilines is 1. The molecule has 130 valence electrons. The number of nitrogens with zero attached hydrogens (tertiary/aromatic N) is 3. The number of amides is 1. The first-order chi connectivity index (χ1) is 13.2. The van der Waals surface area contributed by atoms with E-state index < -0.39 is 0 Å². The Balaban J connectivity index is 1.62. The molecule has 0 spiro atoms. The molecule has 0 radical (unpaired) electrons. The summed E-state index contributed by atoms with van der Waals surface area (Å²) in [6.07, 6.45) is 6.31. The summed E-state index contributed by atoms with van der Waals surface area (Å²) in [6, 6.07) is 16.3. The highest BCUT2D eigenvalue weighted by atomic mass is 16.1. The van der Waals surface area contributed by atoms with Gasteiger partial charge in [0.15, 0.2) is 0 Å². The van der Waals surface area contributed by atoms with Gasteiger partial charge in [-0.3, -0.25) is 19.7 Å². The third-order valence-corrected chi connectivity index (χ3v) is 4.09. The molecule has 1 amide bonds. The van der Waals surface area contributed by atoms with Gasteiger partial charge in [0.2, 0.25) is 0 Å². The molecule has 6 nitrogen and oxygen atoms in total. The SMILES string of the molecule is N=Cc1cccc(NC(=O)c2cc(-c3cnc4cccnc4c3)ccn2)c1. The smallest absolute Gasteiger partial charge is 0.274 e. The van der Waals surface area contributed by atoms with Gasteiger partial charge in [-0.2, -0.15) is 0 Å². The van der Waals surface area contributed by atoms with Crippen molar-refractivity contribution in [2.45, 2.75) is 0 Å². The molecule has 0 fully saturated rings. The molecule has 2 N–H and O–H groups in total. The molecule has 0 saturated carbocycles. The van der Waals surface area contributed by atoms with Gasteiger partial charge in [-0.15, -0.1) is 0 Å². The number of fused-ring (bicyclic) bond motifs is 1. The minimum absolute atomic E-state index is 0.300. The van der Waals surface area contributed by atoms with E-state index >= 15 is 0 Å². The number of aromatic nitrogens is 3. The summed E-state index contributed by atoms with van der Waals surface area (Å²) < 4.78 is 0. The first kappa shape index (κ1) is 16.5. The minimum atomic E-state index is -0.314. The second-order valence-corrected chi connectivity index (χ2v) is 5.92. The van der Waals surface area contributed by atoms with E-state index in [0.717, 1.165) is 22.2 Å². The van der Waals surface area contributed by atoms with Crippen molar-refractivity contribution in [3.63, 3.8) is 0 Å². The van der Waals surface area contributed by atoms with Crippen molar-refractivity contribution in [3.05, 3.63) is 84.4 Å². The van der Waals surface area contributed by atoms with Gasteiger partial charge >= 0.3 is 0 Å². The molecule has 27 heavy (non-hydrogen) atoms. The Labute approximate surface area is 155 Å². The fourth-order valence-corrected chi connectivity index (χ4v) is 2.75. The van der Waals surface area contributed by atoms with Gasteiger partial charge in [0.05, 0.1) is 11.0 Å². The Kier molecular flexibility index (Phi) is 4.37. The summed E-state index contributed by atoms with van der Waals surface area (Å²) in [5, 5.41) is 10.1. The molecule has 3 aromatic heterocycles. The number of hydrogen-bond donors (Lipinski definition) is 2. The molecule has 0 saturated heterocycles. The highest BCUT2D eigenvalue weighted by molar-refractivity contribution is 6.03. The van der Waals surface area contributed by atoms with Gasteiger partial charge in [-0.1, -0.05) is 12.1 Å². The second kappa shape index (κ2) is 7.13. The number of rotatable bonds is 4. The van der Waals surface area contributed by atoms with Crippen LogP contribution in [-0.2, 0) is 0 Å². The van der Waals surface area contributed by atoms with Crippen LogP contribution in [-0.4, -0.2) is 27.1 Å². The van der Waals surface area contributed by atoms with Gasteiger partial charge in [-0.05, 0) is 53.6 Å². The molecule has 1 aromatic carbocycles. The summed E-state index contributed by atoms with van der Waals surface area (Å²) in [5.41, 5.74) is 4.94. The van der Waals surface area contributed by atoms with Crippen molar-refractivity contribution in [2.75, 3.05) is 5.32 Å². The number of nitrogens with one attached hydrogen (secondary N) is 2. The zero-order valence-electron chi connectivity index (χ0n) is 14.3. The quantitative estimate of drug-likeness (QED) is 0.544. The summed E-state index contributed by atoms with van der Waals surface area (Å²) in [4.78, 5) is 25.5. The monoisotopic (exact) mass is 353 g/mol. The van der Waals surface area contributed by atoms with Crippen LogP contribution in [0.2, 0.25) is 0 Å². The number of carbonyl (C=O) groups excluding carboxylic acids is 1. The lowest BCUT2D eigenvalue weighted by atomic mass is 10.1. The van der Waals surface area contributed by atoms with Gasteiger partial charge in [0.25, 0.3) is 5.91 Å². The van der Waals surface area contributed by atoms with Crippen LogP contribution in [0.5, 0.6) is 0 Å². The molecular formula is C21H15N5O. The summed E-state index contributed by atoms with van der Waals surface area (Å²) in [6.45, 7) is 0. The average Bonchev–Trinajstić information content (AvgIpc) is 2.73. The van der Waals surface area contributed by atoms with Crippen molar-refractivity contribution in [1.82, 2.24) is 15.0 Å². The zero-order chi connectivity index (χ0) is 18.6. The average molecular weight is 353 g/mol. The van der Waals surface area contributed by atoms with E-state index in [1.807, 2.05) is 24.3 Å². The maximum atomic E-state index is 12.6. The summed E-state index contributed by atoms with van der Waals surface area (Å²) >= 11 is 0. The Morgan fingerprint density at radius 3 is 2.70 bits per heavy atom. The predicted molar refractivity (Wildman–Crippen MR) is 105 cm³/mol. The van der Waals surface area contributed by atoms with Crippen LogP contribution in [0, 0.1) is 5.41 Å². The van der Waals surface area contributed by atoms with Crippen LogP contribution in [0.15, 0.2) is 73.2 Å². The molecule has 0 atom stereocenters. The Hall–Kier alpha value is -3.93. The van der Waals surface area contributed by atoms with Crippen molar-refractivity contribution in [3.8, 4) is 11.1 Å². The third kappa shape index (κ3) is 3.55. The first-order valence-electron chi connectivity index (χ1n) is 8.32. The lowest BCUT2D eigenvalue weighted by Gasteiger charge is -2.07. The minimum Gasteiger partial charge on any atom is -0.321 e. The molecular weight excluding hydrogens is 338 g/mol. The standard InChI is InChI=1S/C21H15N5O/c22-12-14-3-1-4-17(9-14)26-21(27)20-10-15(6-8-24-20)16-11-19-18(25-13-16)5-2-7-23-19/h1-13,22H,(H,26,27). The van der Waals surface area contributed by atoms with Crippen LogP contribution in [0.3, 0.4) is 0 Å². The van der Waals surface area contributed by atoms with E-state index in [-0.39, 0.29) is 5.91 Å². The number of benzene rings is 1. The van der Waals surface area contributed by atoms with Crippen LogP contribution in [0.4, 0.5) is 5.69 Å². The van der Waals surface area contributed by atoms with E-state index in [0.29, 0.717) is 16.9 Å². The lowest BCUT2D eigenvalue weighted by Crippen LogP contribution is -2.13. The van der Waals surface area contributed by atoms with Gasteiger partial charge in [0.1, 0.15) is 5.69 Å². The fraction of sp³-hybridized carbons (Fsp3) is 0. The Morgan fingerprint density at radius 2 is 1.81 bits per heavy atom. The van der Waals surface area contributed by atoms with Crippen LogP contribution >= 0.6 is 0 Å². The Morgan fingerprint density at radius 1 is 0.889 bits per heavy atom. The molecule has 0 aliphatic carbocycles. The highest BCUT2D eigenvalue weighted by Crippen LogP contribution is 2.22. The van der Waals surface area contributed by atoms with Crippen molar-refractivity contribution >= 4 is 28.8 Å². The maximum Gasteiger partial charge on any atom is 0.274 e. The largest absolute Gasteiger partial charge is 0.321 e. The molecule has 4 rings (SSSR count). The van der Waals surface area contributed by atoms with Crippen molar-refractivity contribution in [1.29, 1.82) is 5.41 Å². The fourth-order valence-electron chi connectivity index (χ4n) is 2.75. The highest BCUT2D eigenvalue weighted by Gasteiger charge is 2.10. The molecule has 0 unspecified atom stereocenters. The van der Waals surface area contributed by atoms with Crippen LogP contribution in [0.25, 0.3) is 22.2 Å².